The molecule has 0 saturated heterocycles. The molecule has 0 bridgehead atoms. The number of pyridine rings is 1. The highest BCUT2D eigenvalue weighted by atomic mass is 35.5. The van der Waals surface area contributed by atoms with Gasteiger partial charge in [-0.3, -0.25) is 10.1 Å². The van der Waals surface area contributed by atoms with E-state index in [1.165, 1.54) is 42.7 Å². The first-order valence-electron chi connectivity index (χ1n) is 7.78. The van der Waals surface area contributed by atoms with Crippen LogP contribution in [0.15, 0.2) is 48.0 Å². The summed E-state index contributed by atoms with van der Waals surface area (Å²) in [7, 11) is 0. The second-order valence-corrected chi connectivity index (χ2v) is 6.64. The average molecular weight is 406 g/mol. The molecule has 9 heteroatoms. The van der Waals surface area contributed by atoms with E-state index in [0.717, 1.165) is 5.56 Å². The SMILES string of the molecule is CC(OC(=O)c1cccnc1Cl)C(=O)Nc1nc(-c2ccc(F)cc2)cs1. The average Bonchev–Trinajstić information content (AvgIpc) is 3.11. The van der Waals surface area contributed by atoms with Crippen molar-refractivity contribution in [2.45, 2.75) is 13.0 Å². The largest absolute Gasteiger partial charge is 0.449 e. The summed E-state index contributed by atoms with van der Waals surface area (Å²) >= 11 is 7.04. The molecule has 1 atom stereocenters. The maximum Gasteiger partial charge on any atom is 0.342 e. The van der Waals surface area contributed by atoms with Gasteiger partial charge in [-0.1, -0.05) is 11.6 Å². The molecule has 2 heterocycles. The van der Waals surface area contributed by atoms with Crippen molar-refractivity contribution in [3.8, 4) is 11.3 Å². The van der Waals surface area contributed by atoms with Crippen LogP contribution in [-0.2, 0) is 9.53 Å². The van der Waals surface area contributed by atoms with E-state index in [4.69, 9.17) is 16.3 Å². The van der Waals surface area contributed by atoms with E-state index < -0.39 is 18.0 Å². The van der Waals surface area contributed by atoms with Crippen LogP contribution in [0.5, 0.6) is 0 Å². The Balaban J connectivity index is 1.62. The van der Waals surface area contributed by atoms with Gasteiger partial charge in [0.1, 0.15) is 11.0 Å². The third kappa shape index (κ3) is 4.66. The van der Waals surface area contributed by atoms with Gasteiger partial charge in [-0.05, 0) is 43.3 Å². The first-order chi connectivity index (χ1) is 12.9. The van der Waals surface area contributed by atoms with E-state index in [0.29, 0.717) is 10.8 Å². The van der Waals surface area contributed by atoms with Gasteiger partial charge < -0.3 is 4.74 Å². The number of hydrogen-bond donors (Lipinski definition) is 1. The van der Waals surface area contributed by atoms with Crippen LogP contribution in [0, 0.1) is 5.82 Å². The highest BCUT2D eigenvalue weighted by Gasteiger charge is 2.21. The number of rotatable bonds is 5. The van der Waals surface area contributed by atoms with Crippen LogP contribution in [0.1, 0.15) is 17.3 Å². The van der Waals surface area contributed by atoms with Crippen molar-refractivity contribution in [3.05, 3.63) is 64.5 Å². The van der Waals surface area contributed by atoms with E-state index in [-0.39, 0.29) is 16.5 Å². The Morgan fingerprint density at radius 3 is 2.70 bits per heavy atom. The molecular weight excluding hydrogens is 393 g/mol. The molecule has 0 saturated carbocycles. The Bertz CT molecular complexity index is 978. The number of hydrogen-bond acceptors (Lipinski definition) is 6. The number of halogens is 2. The standard InChI is InChI=1S/C18H13ClFN3O3S/c1-10(26-17(25)13-3-2-8-21-15(13)19)16(24)23-18-22-14(9-27-18)11-4-6-12(20)7-5-11/h2-10H,1H3,(H,22,23,24). The Labute approximate surface area is 163 Å². The van der Waals surface area contributed by atoms with Gasteiger partial charge >= 0.3 is 5.97 Å². The minimum absolute atomic E-state index is 0.000953. The van der Waals surface area contributed by atoms with E-state index in [1.54, 1.807) is 23.6 Å². The minimum atomic E-state index is -1.06. The predicted molar refractivity (Wildman–Crippen MR) is 100 cm³/mol. The third-order valence-electron chi connectivity index (χ3n) is 3.51. The number of esters is 1. The molecule has 3 aromatic rings. The zero-order valence-electron chi connectivity index (χ0n) is 14.0. The van der Waals surface area contributed by atoms with Gasteiger partial charge in [0.25, 0.3) is 5.91 Å². The quantitative estimate of drug-likeness (QED) is 0.508. The van der Waals surface area contributed by atoms with Gasteiger partial charge in [0.15, 0.2) is 11.2 Å². The molecule has 1 unspecified atom stereocenters. The number of nitrogens with zero attached hydrogens (tertiary/aromatic N) is 2. The van der Waals surface area contributed by atoms with Crippen LogP contribution in [-0.4, -0.2) is 27.9 Å². The molecule has 0 aliphatic rings. The van der Waals surface area contributed by atoms with Gasteiger partial charge in [-0.2, -0.15) is 0 Å². The number of ether oxygens (including phenoxy) is 1. The van der Waals surface area contributed by atoms with Crippen LogP contribution >= 0.6 is 22.9 Å². The summed E-state index contributed by atoms with van der Waals surface area (Å²) < 4.78 is 18.1. The number of nitrogens with one attached hydrogen (secondary N) is 1. The number of thiazole rings is 1. The number of benzene rings is 1. The lowest BCUT2D eigenvalue weighted by atomic mass is 10.2. The van der Waals surface area contributed by atoms with Crippen molar-refractivity contribution in [1.29, 1.82) is 0 Å². The summed E-state index contributed by atoms with van der Waals surface area (Å²) in [5, 5.41) is 4.65. The highest BCUT2D eigenvalue weighted by Crippen LogP contribution is 2.25. The molecule has 3 rings (SSSR count). The van der Waals surface area contributed by atoms with Crippen LogP contribution in [0.4, 0.5) is 9.52 Å². The van der Waals surface area contributed by atoms with Gasteiger partial charge in [0, 0.05) is 17.1 Å². The molecule has 6 nitrogen and oxygen atoms in total. The topological polar surface area (TPSA) is 81.2 Å². The molecule has 0 fully saturated rings. The summed E-state index contributed by atoms with van der Waals surface area (Å²) in [4.78, 5) is 32.4. The third-order valence-corrected chi connectivity index (χ3v) is 4.57. The number of amides is 1. The fourth-order valence-corrected chi connectivity index (χ4v) is 3.03. The lowest BCUT2D eigenvalue weighted by Gasteiger charge is -2.12. The fraction of sp³-hybridized carbons (Fsp3) is 0.111. The molecule has 1 aromatic carbocycles. The summed E-state index contributed by atoms with van der Waals surface area (Å²) in [6.07, 6.45) is 0.378. The molecule has 0 aliphatic heterocycles. The molecule has 1 amide bonds. The number of carbonyl (C=O) groups excluding carboxylic acids is 2. The van der Waals surface area contributed by atoms with Crippen LogP contribution < -0.4 is 5.32 Å². The highest BCUT2D eigenvalue weighted by molar-refractivity contribution is 7.14. The Kier molecular flexibility index (Phi) is 5.78. The van der Waals surface area contributed by atoms with Crippen molar-refractivity contribution in [1.82, 2.24) is 9.97 Å². The maximum absolute atomic E-state index is 13.0. The molecule has 2 aromatic heterocycles. The van der Waals surface area contributed by atoms with Gasteiger partial charge in [-0.15, -0.1) is 11.3 Å². The molecular formula is C18H13ClFN3O3S. The lowest BCUT2D eigenvalue weighted by Crippen LogP contribution is -2.30. The zero-order valence-corrected chi connectivity index (χ0v) is 15.6. The molecule has 138 valence electrons. The summed E-state index contributed by atoms with van der Waals surface area (Å²) in [5.74, 6) is -1.63. The smallest absolute Gasteiger partial charge is 0.342 e. The maximum atomic E-state index is 13.0. The lowest BCUT2D eigenvalue weighted by molar-refractivity contribution is -0.123. The van der Waals surface area contributed by atoms with Crippen LogP contribution in [0.3, 0.4) is 0 Å². The van der Waals surface area contributed by atoms with Crippen molar-refractivity contribution >= 4 is 39.9 Å². The van der Waals surface area contributed by atoms with Crippen molar-refractivity contribution in [2.24, 2.45) is 0 Å². The molecule has 27 heavy (non-hydrogen) atoms. The second-order valence-electron chi connectivity index (χ2n) is 5.42. The van der Waals surface area contributed by atoms with E-state index in [2.05, 4.69) is 15.3 Å². The van der Waals surface area contributed by atoms with Gasteiger partial charge in [0.05, 0.1) is 11.3 Å². The van der Waals surface area contributed by atoms with E-state index in [1.807, 2.05) is 0 Å². The Morgan fingerprint density at radius 1 is 1.26 bits per heavy atom. The Hall–Kier alpha value is -2.84. The second kappa shape index (κ2) is 8.24. The van der Waals surface area contributed by atoms with Crippen LogP contribution in [0.2, 0.25) is 5.15 Å². The molecule has 0 aliphatic carbocycles. The molecule has 1 N–H and O–H groups in total. The normalized spacial score (nSPS) is 11.7. The van der Waals surface area contributed by atoms with Crippen molar-refractivity contribution in [3.63, 3.8) is 0 Å². The summed E-state index contributed by atoms with van der Waals surface area (Å²) in [6.45, 7) is 1.44. The zero-order chi connectivity index (χ0) is 19.4. The summed E-state index contributed by atoms with van der Waals surface area (Å²) in [5.41, 5.74) is 1.40. The fourth-order valence-electron chi connectivity index (χ4n) is 2.11. The monoisotopic (exact) mass is 405 g/mol. The van der Waals surface area contributed by atoms with E-state index >= 15 is 0 Å². The minimum Gasteiger partial charge on any atom is -0.449 e. The first kappa shape index (κ1) is 18.9. The van der Waals surface area contributed by atoms with E-state index in [9.17, 15) is 14.0 Å². The predicted octanol–water partition coefficient (Wildman–Crippen LogP) is 4.18. The van der Waals surface area contributed by atoms with Crippen LogP contribution in [0.25, 0.3) is 11.3 Å². The number of aromatic nitrogens is 2. The van der Waals surface area contributed by atoms with Crippen molar-refractivity contribution < 1.29 is 18.7 Å². The van der Waals surface area contributed by atoms with Gasteiger partial charge in [-0.25, -0.2) is 19.2 Å². The number of anilines is 1. The number of carbonyl (C=O) groups is 2. The Morgan fingerprint density at radius 2 is 2.00 bits per heavy atom. The summed E-state index contributed by atoms with van der Waals surface area (Å²) in [6, 6.07) is 8.85. The molecule has 0 radical (unpaired) electrons. The van der Waals surface area contributed by atoms with Crippen molar-refractivity contribution in [2.75, 3.05) is 5.32 Å². The first-order valence-corrected chi connectivity index (χ1v) is 9.03. The molecule has 0 spiro atoms. The van der Waals surface area contributed by atoms with Gasteiger partial charge in [0.2, 0.25) is 0 Å².